The lowest BCUT2D eigenvalue weighted by molar-refractivity contribution is 0.967. The third kappa shape index (κ3) is 6.26. The van der Waals surface area contributed by atoms with E-state index in [1.54, 1.807) is 11.3 Å². The molecule has 0 amide bonds. The molecule has 5 nitrogen and oxygen atoms in total. The molecule has 0 bridgehead atoms. The van der Waals surface area contributed by atoms with Crippen LogP contribution in [-0.4, -0.2) is 24.1 Å². The van der Waals surface area contributed by atoms with Gasteiger partial charge in [0.05, 0.1) is 27.9 Å². The van der Waals surface area contributed by atoms with Gasteiger partial charge in [0.2, 0.25) is 0 Å². The Kier molecular flexibility index (Phi) is 9.14. The van der Waals surface area contributed by atoms with Gasteiger partial charge < -0.3 is 9.13 Å². The predicted molar refractivity (Wildman–Crippen MR) is 288 cm³/mol. The number of aryl methyl sites for hydroxylation is 1. The normalized spacial score (nSPS) is 12.5. The second-order valence-corrected chi connectivity index (χ2v) is 18.8. The number of aromatic nitrogens is 5. The Bertz CT molecular complexity index is 4180. The number of fused-ring (bicyclic) bond motifs is 9. The fourth-order valence-corrected chi connectivity index (χ4v) is 12.1. The molecule has 6 heteroatoms. The molecule has 0 fully saturated rings. The zero-order chi connectivity index (χ0) is 45.4. The molecule has 0 atom stereocenters. The summed E-state index contributed by atoms with van der Waals surface area (Å²) in [7, 11) is 0. The summed E-state index contributed by atoms with van der Waals surface area (Å²) in [6, 6.07) is 76.0. The summed E-state index contributed by atoms with van der Waals surface area (Å²) < 4.78 is 7.38. The van der Waals surface area contributed by atoms with Crippen LogP contribution in [0.2, 0.25) is 0 Å². The van der Waals surface area contributed by atoms with Crippen molar-refractivity contribution in [2.75, 3.05) is 0 Å². The first-order chi connectivity index (χ1) is 34.3. The highest BCUT2D eigenvalue weighted by Gasteiger charge is 2.27. The first kappa shape index (κ1) is 39.5. The molecule has 0 unspecified atom stereocenters. The quantitative estimate of drug-likeness (QED) is 0.160. The van der Waals surface area contributed by atoms with E-state index in [0.717, 1.165) is 62.2 Å². The summed E-state index contributed by atoms with van der Waals surface area (Å²) in [5.74, 6) is 1.92. The van der Waals surface area contributed by atoms with Gasteiger partial charge in [-0.1, -0.05) is 182 Å². The minimum Gasteiger partial charge on any atom is -0.307 e. The monoisotopic (exact) mass is 899 g/mol. The van der Waals surface area contributed by atoms with Crippen molar-refractivity contribution < 1.29 is 0 Å². The fourth-order valence-electron chi connectivity index (χ4n) is 10.9. The molecule has 1 aliphatic carbocycles. The number of benzene rings is 9. The Morgan fingerprint density at radius 3 is 1.77 bits per heavy atom. The van der Waals surface area contributed by atoms with Crippen molar-refractivity contribution in [3.63, 3.8) is 0 Å². The van der Waals surface area contributed by atoms with E-state index in [9.17, 15) is 0 Å². The first-order valence-electron chi connectivity index (χ1n) is 23.6. The van der Waals surface area contributed by atoms with Gasteiger partial charge in [0.15, 0.2) is 17.5 Å². The van der Waals surface area contributed by atoms with E-state index in [2.05, 4.69) is 228 Å². The summed E-state index contributed by atoms with van der Waals surface area (Å²) in [6.45, 7) is 0. The van der Waals surface area contributed by atoms with E-state index >= 15 is 0 Å². The number of hydrogen-bond donors (Lipinski definition) is 0. The smallest absolute Gasteiger partial charge is 0.166 e. The average molecular weight is 900 g/mol. The predicted octanol–water partition coefficient (Wildman–Crippen LogP) is 16.6. The van der Waals surface area contributed by atoms with Crippen LogP contribution in [0.1, 0.15) is 17.7 Å². The topological polar surface area (TPSA) is 48.5 Å². The second kappa shape index (κ2) is 16.0. The molecule has 0 saturated carbocycles. The Hall–Kier alpha value is -8.71. The van der Waals surface area contributed by atoms with Crippen LogP contribution in [0, 0.1) is 0 Å². The number of hydrogen-bond acceptors (Lipinski definition) is 4. The van der Waals surface area contributed by atoms with Crippen molar-refractivity contribution in [1.82, 2.24) is 24.1 Å². The van der Waals surface area contributed by atoms with Crippen molar-refractivity contribution in [3.05, 3.63) is 230 Å². The zero-order valence-corrected chi connectivity index (χ0v) is 38.2. The van der Waals surface area contributed by atoms with Gasteiger partial charge in [-0.2, -0.15) is 0 Å². The molecule has 9 aromatic carbocycles. The molecule has 1 aliphatic rings. The van der Waals surface area contributed by atoms with E-state index in [0.29, 0.717) is 17.5 Å². The maximum absolute atomic E-state index is 5.55. The van der Waals surface area contributed by atoms with E-state index in [1.165, 1.54) is 65.1 Å². The summed E-state index contributed by atoms with van der Waals surface area (Å²) in [5.41, 5.74) is 15.8. The van der Waals surface area contributed by atoms with Crippen LogP contribution in [0.5, 0.6) is 0 Å². The second-order valence-electron chi connectivity index (χ2n) is 17.8. The van der Waals surface area contributed by atoms with Crippen LogP contribution in [-0.2, 0) is 6.42 Å². The molecule has 324 valence electrons. The Labute approximate surface area is 402 Å². The highest BCUT2D eigenvalue weighted by Crippen LogP contribution is 2.46. The van der Waals surface area contributed by atoms with E-state index in [4.69, 9.17) is 15.0 Å². The fraction of sp³-hybridized carbons (Fsp3) is 0.0317. The van der Waals surface area contributed by atoms with Gasteiger partial charge in [-0.25, -0.2) is 15.0 Å². The molecule has 13 aromatic rings. The number of allylic oxidation sites excluding steroid dienone is 1. The molecule has 0 radical (unpaired) electrons. The first-order valence-corrected chi connectivity index (χ1v) is 24.4. The van der Waals surface area contributed by atoms with Crippen LogP contribution in [0.4, 0.5) is 0 Å². The summed E-state index contributed by atoms with van der Waals surface area (Å²) in [6.07, 6.45) is 6.56. The van der Waals surface area contributed by atoms with Crippen molar-refractivity contribution >= 4 is 70.3 Å². The third-order valence-electron chi connectivity index (χ3n) is 13.9. The number of rotatable bonds is 7. The molecule has 4 aromatic heterocycles. The van der Waals surface area contributed by atoms with Gasteiger partial charge in [0.1, 0.15) is 0 Å². The molecule has 4 heterocycles. The largest absolute Gasteiger partial charge is 0.307 e. The maximum atomic E-state index is 5.55. The minimum atomic E-state index is 0.634. The van der Waals surface area contributed by atoms with Gasteiger partial charge >= 0.3 is 0 Å². The molecule has 69 heavy (non-hydrogen) atoms. The van der Waals surface area contributed by atoms with E-state index < -0.39 is 0 Å². The third-order valence-corrected chi connectivity index (χ3v) is 15.1. The Morgan fingerprint density at radius 1 is 0.391 bits per heavy atom. The molecule has 0 aliphatic heterocycles. The van der Waals surface area contributed by atoms with Crippen LogP contribution in [0.25, 0.3) is 127 Å². The van der Waals surface area contributed by atoms with Gasteiger partial charge in [0, 0.05) is 64.3 Å². The van der Waals surface area contributed by atoms with Crippen molar-refractivity contribution in [2.45, 2.75) is 12.8 Å². The average Bonchev–Trinajstić information content (AvgIpc) is 4.10. The number of thiophene rings is 1. The van der Waals surface area contributed by atoms with Crippen molar-refractivity contribution in [1.29, 1.82) is 0 Å². The van der Waals surface area contributed by atoms with Crippen molar-refractivity contribution in [2.24, 2.45) is 0 Å². The molecule has 0 N–H and O–H groups in total. The van der Waals surface area contributed by atoms with Crippen LogP contribution in [0.3, 0.4) is 0 Å². The van der Waals surface area contributed by atoms with E-state index in [-0.39, 0.29) is 0 Å². The standard InChI is InChI=1S/C63H41N5S/c1-4-20-40(21-5-1)43-26-10-13-35-52(43)67-53-36-14-12-28-46(53)48-31-18-38-55(59(48)67)68-54-37-15-11-27-45(54)47-30-16-33-50(58(47)68)62-64-61(42-24-8-3-9-25-42)65-63(66-62)51-34-17-32-49-57-44(41-22-6-2-7-23-41)29-19-39-56(57)69-60(49)51/h1-10,12-26,28-39H,11,27H2. The molecule has 0 spiro atoms. The highest BCUT2D eigenvalue weighted by atomic mass is 32.1. The molecule has 0 saturated heterocycles. The molecular formula is C63H41N5S. The Balaban J connectivity index is 1.05. The molecular weight excluding hydrogens is 859 g/mol. The van der Waals surface area contributed by atoms with Gasteiger partial charge in [-0.3, -0.25) is 0 Å². The Morgan fingerprint density at radius 2 is 0.957 bits per heavy atom. The van der Waals surface area contributed by atoms with Gasteiger partial charge in [-0.05, 0) is 77.6 Å². The number of para-hydroxylation sites is 4. The summed E-state index contributed by atoms with van der Waals surface area (Å²) in [4.78, 5) is 16.3. The van der Waals surface area contributed by atoms with Crippen molar-refractivity contribution in [3.8, 4) is 67.8 Å². The van der Waals surface area contributed by atoms with Gasteiger partial charge in [0.25, 0.3) is 0 Å². The summed E-state index contributed by atoms with van der Waals surface area (Å²) in [5, 5.41) is 6.06. The zero-order valence-electron chi connectivity index (χ0n) is 37.4. The lowest BCUT2D eigenvalue weighted by Gasteiger charge is -2.19. The van der Waals surface area contributed by atoms with Gasteiger partial charge in [-0.15, -0.1) is 11.3 Å². The van der Waals surface area contributed by atoms with Crippen LogP contribution >= 0.6 is 11.3 Å². The lowest BCUT2D eigenvalue weighted by Crippen LogP contribution is -2.06. The number of nitrogens with zero attached hydrogens (tertiary/aromatic N) is 5. The van der Waals surface area contributed by atoms with Crippen LogP contribution in [0.15, 0.2) is 218 Å². The molecule has 14 rings (SSSR count). The SMILES string of the molecule is C1=Cc2c(c3cccc(-c4nc(-c5ccccc5)nc(-c5cccc6c5sc5cccc(-c7ccccc7)c56)n4)c3n2-c2cccc3c4ccccc4n(-c4ccccc4-c4ccccc4)c23)CC1. The minimum absolute atomic E-state index is 0.634. The summed E-state index contributed by atoms with van der Waals surface area (Å²) >= 11 is 1.80. The van der Waals surface area contributed by atoms with E-state index in [1.807, 2.05) is 6.07 Å². The highest BCUT2D eigenvalue weighted by molar-refractivity contribution is 7.26. The lowest BCUT2D eigenvalue weighted by atomic mass is 9.99. The maximum Gasteiger partial charge on any atom is 0.166 e. The van der Waals surface area contributed by atoms with Crippen LogP contribution < -0.4 is 0 Å².